The number of benzene rings is 2. The highest BCUT2D eigenvalue weighted by atomic mass is 35.5. The fourth-order valence-electron chi connectivity index (χ4n) is 2.31. The molecule has 21 heavy (non-hydrogen) atoms. The normalized spacial score (nSPS) is 10.3. The van der Waals surface area contributed by atoms with E-state index in [1.807, 2.05) is 30.3 Å². The van der Waals surface area contributed by atoms with E-state index in [-0.39, 0.29) is 12.4 Å². The zero-order valence-corrected chi connectivity index (χ0v) is 13.3. The lowest BCUT2D eigenvalue weighted by Gasteiger charge is -2.09. The van der Waals surface area contributed by atoms with E-state index in [0.717, 1.165) is 12.2 Å². The SMILES string of the molecule is Cl.NCCc1csc2cccc(OCc3ccccc3)c12. The maximum absolute atomic E-state index is 6.02. The average Bonchev–Trinajstić information content (AvgIpc) is 2.91. The Morgan fingerprint density at radius 2 is 1.81 bits per heavy atom. The Kier molecular flexibility index (Phi) is 5.62. The van der Waals surface area contributed by atoms with Crippen LogP contribution in [0.15, 0.2) is 53.9 Å². The molecule has 2 aromatic carbocycles. The molecular weight excluding hydrogens is 302 g/mol. The van der Waals surface area contributed by atoms with Gasteiger partial charge in [-0.2, -0.15) is 0 Å². The van der Waals surface area contributed by atoms with Gasteiger partial charge in [0.25, 0.3) is 0 Å². The highest BCUT2D eigenvalue weighted by Crippen LogP contribution is 2.34. The molecule has 0 atom stereocenters. The summed E-state index contributed by atoms with van der Waals surface area (Å²) >= 11 is 1.75. The summed E-state index contributed by atoms with van der Waals surface area (Å²) in [4.78, 5) is 0. The zero-order chi connectivity index (χ0) is 13.8. The number of hydrogen-bond acceptors (Lipinski definition) is 3. The molecular formula is C17H18ClNOS. The van der Waals surface area contributed by atoms with E-state index in [0.29, 0.717) is 13.2 Å². The molecule has 3 aromatic rings. The van der Waals surface area contributed by atoms with Crippen LogP contribution in [0, 0.1) is 0 Å². The van der Waals surface area contributed by atoms with Gasteiger partial charge >= 0.3 is 0 Å². The predicted octanol–water partition coefficient (Wildman–Crippen LogP) is 4.40. The van der Waals surface area contributed by atoms with Crippen molar-refractivity contribution in [2.75, 3.05) is 6.54 Å². The highest BCUT2D eigenvalue weighted by molar-refractivity contribution is 7.17. The summed E-state index contributed by atoms with van der Waals surface area (Å²) in [5.74, 6) is 0.955. The second-order valence-corrected chi connectivity index (χ2v) is 5.61. The topological polar surface area (TPSA) is 35.2 Å². The van der Waals surface area contributed by atoms with Gasteiger partial charge in [0.15, 0.2) is 0 Å². The molecule has 2 nitrogen and oxygen atoms in total. The lowest BCUT2D eigenvalue weighted by molar-refractivity contribution is 0.310. The third-order valence-electron chi connectivity index (χ3n) is 3.29. The molecule has 0 unspecified atom stereocenters. The third-order valence-corrected chi connectivity index (χ3v) is 4.28. The van der Waals surface area contributed by atoms with Crippen molar-refractivity contribution in [1.29, 1.82) is 0 Å². The first-order valence-electron chi connectivity index (χ1n) is 6.74. The molecule has 0 spiro atoms. The van der Waals surface area contributed by atoms with Crippen LogP contribution in [0.2, 0.25) is 0 Å². The quantitative estimate of drug-likeness (QED) is 0.756. The molecule has 0 aliphatic heterocycles. The summed E-state index contributed by atoms with van der Waals surface area (Å²) in [6.45, 7) is 1.26. The first-order chi connectivity index (χ1) is 9.88. The number of hydrogen-bond donors (Lipinski definition) is 1. The number of thiophene rings is 1. The second-order valence-electron chi connectivity index (χ2n) is 4.70. The Morgan fingerprint density at radius 1 is 1.00 bits per heavy atom. The Bertz CT molecular complexity index is 696. The molecule has 0 saturated heterocycles. The molecule has 0 aliphatic rings. The van der Waals surface area contributed by atoms with E-state index in [4.69, 9.17) is 10.5 Å². The molecule has 0 saturated carbocycles. The van der Waals surface area contributed by atoms with E-state index >= 15 is 0 Å². The van der Waals surface area contributed by atoms with Gasteiger partial charge < -0.3 is 10.5 Å². The van der Waals surface area contributed by atoms with Crippen LogP contribution in [0.25, 0.3) is 10.1 Å². The molecule has 0 radical (unpaired) electrons. The fraction of sp³-hybridized carbons (Fsp3) is 0.176. The predicted molar refractivity (Wildman–Crippen MR) is 92.6 cm³/mol. The monoisotopic (exact) mass is 319 g/mol. The van der Waals surface area contributed by atoms with Crippen LogP contribution in [0.4, 0.5) is 0 Å². The van der Waals surface area contributed by atoms with E-state index < -0.39 is 0 Å². The number of fused-ring (bicyclic) bond motifs is 1. The minimum atomic E-state index is 0. The van der Waals surface area contributed by atoms with Crippen LogP contribution in [0.5, 0.6) is 5.75 Å². The Labute approximate surface area is 135 Å². The van der Waals surface area contributed by atoms with Gasteiger partial charge in [-0.05, 0) is 41.6 Å². The molecule has 0 amide bonds. The highest BCUT2D eigenvalue weighted by Gasteiger charge is 2.09. The summed E-state index contributed by atoms with van der Waals surface area (Å²) in [5, 5.41) is 3.41. The van der Waals surface area contributed by atoms with Crippen LogP contribution in [0.1, 0.15) is 11.1 Å². The van der Waals surface area contributed by atoms with E-state index in [9.17, 15) is 0 Å². The van der Waals surface area contributed by atoms with Gasteiger partial charge in [0.05, 0.1) is 0 Å². The van der Waals surface area contributed by atoms with Gasteiger partial charge in [0.1, 0.15) is 12.4 Å². The molecule has 4 heteroatoms. The lowest BCUT2D eigenvalue weighted by Crippen LogP contribution is -2.02. The lowest BCUT2D eigenvalue weighted by atomic mass is 10.1. The largest absolute Gasteiger partial charge is 0.488 e. The molecule has 0 bridgehead atoms. The van der Waals surface area contributed by atoms with Crippen LogP contribution in [-0.2, 0) is 13.0 Å². The maximum Gasteiger partial charge on any atom is 0.128 e. The van der Waals surface area contributed by atoms with Crippen LogP contribution < -0.4 is 10.5 Å². The Balaban J connectivity index is 0.00000161. The van der Waals surface area contributed by atoms with E-state index in [1.54, 1.807) is 11.3 Å². The maximum atomic E-state index is 6.02. The van der Waals surface area contributed by atoms with Crippen molar-refractivity contribution in [3.8, 4) is 5.75 Å². The van der Waals surface area contributed by atoms with Crippen molar-refractivity contribution in [3.05, 3.63) is 65.0 Å². The van der Waals surface area contributed by atoms with Gasteiger partial charge in [-0.3, -0.25) is 0 Å². The van der Waals surface area contributed by atoms with E-state index in [2.05, 4.69) is 23.6 Å². The van der Waals surface area contributed by atoms with Crippen LogP contribution >= 0.6 is 23.7 Å². The minimum absolute atomic E-state index is 0. The van der Waals surface area contributed by atoms with Crippen molar-refractivity contribution >= 4 is 33.8 Å². The van der Waals surface area contributed by atoms with Crippen LogP contribution in [0.3, 0.4) is 0 Å². The Hall–Kier alpha value is -1.55. The average molecular weight is 320 g/mol. The Morgan fingerprint density at radius 3 is 2.57 bits per heavy atom. The first kappa shape index (κ1) is 15.8. The first-order valence-corrected chi connectivity index (χ1v) is 7.62. The number of rotatable bonds is 5. The molecule has 1 aromatic heterocycles. The van der Waals surface area contributed by atoms with Crippen molar-refractivity contribution < 1.29 is 4.74 Å². The van der Waals surface area contributed by atoms with Crippen molar-refractivity contribution in [2.45, 2.75) is 13.0 Å². The molecule has 110 valence electrons. The van der Waals surface area contributed by atoms with E-state index in [1.165, 1.54) is 21.2 Å². The van der Waals surface area contributed by atoms with Gasteiger partial charge in [0.2, 0.25) is 0 Å². The standard InChI is InChI=1S/C17H17NOS.ClH/c18-10-9-14-12-20-16-8-4-7-15(17(14)16)19-11-13-5-2-1-3-6-13;/h1-8,12H,9-11,18H2;1H. The van der Waals surface area contributed by atoms with Gasteiger partial charge in [0, 0.05) is 10.1 Å². The van der Waals surface area contributed by atoms with Crippen molar-refractivity contribution in [3.63, 3.8) is 0 Å². The summed E-state index contributed by atoms with van der Waals surface area (Å²) in [7, 11) is 0. The number of halogens is 1. The smallest absolute Gasteiger partial charge is 0.128 e. The number of ether oxygens (including phenoxy) is 1. The van der Waals surface area contributed by atoms with Crippen molar-refractivity contribution in [2.24, 2.45) is 5.73 Å². The fourth-order valence-corrected chi connectivity index (χ4v) is 3.33. The molecule has 1 heterocycles. The van der Waals surface area contributed by atoms with Gasteiger partial charge in [-0.25, -0.2) is 0 Å². The minimum Gasteiger partial charge on any atom is -0.488 e. The summed E-state index contributed by atoms with van der Waals surface area (Å²) in [5.41, 5.74) is 8.16. The summed E-state index contributed by atoms with van der Waals surface area (Å²) in [6, 6.07) is 16.5. The number of nitrogens with two attached hydrogens (primary N) is 1. The molecule has 0 fully saturated rings. The molecule has 2 N–H and O–H groups in total. The third kappa shape index (κ3) is 3.56. The second kappa shape index (κ2) is 7.46. The van der Waals surface area contributed by atoms with Crippen LogP contribution in [-0.4, -0.2) is 6.54 Å². The molecule has 0 aliphatic carbocycles. The van der Waals surface area contributed by atoms with Gasteiger partial charge in [-0.15, -0.1) is 23.7 Å². The molecule has 3 rings (SSSR count). The zero-order valence-electron chi connectivity index (χ0n) is 11.6. The van der Waals surface area contributed by atoms with Gasteiger partial charge in [-0.1, -0.05) is 36.4 Å². The van der Waals surface area contributed by atoms with Crippen molar-refractivity contribution in [1.82, 2.24) is 0 Å². The summed E-state index contributed by atoms with van der Waals surface area (Å²) < 4.78 is 7.28. The summed E-state index contributed by atoms with van der Waals surface area (Å²) in [6.07, 6.45) is 0.895.